The third kappa shape index (κ3) is 2.79. The zero-order valence-corrected chi connectivity index (χ0v) is 11.5. The predicted octanol–water partition coefficient (Wildman–Crippen LogP) is 1.74. The first-order chi connectivity index (χ1) is 8.60. The molecule has 0 saturated carbocycles. The third-order valence-corrected chi connectivity index (χ3v) is 2.93. The van der Waals surface area contributed by atoms with Gasteiger partial charge in [0.05, 0.1) is 17.9 Å². The fourth-order valence-electron chi connectivity index (χ4n) is 1.92. The van der Waals surface area contributed by atoms with Gasteiger partial charge in [0, 0.05) is 30.5 Å². The summed E-state index contributed by atoms with van der Waals surface area (Å²) in [5, 5.41) is 12.2. The molecule has 0 aromatic carbocycles. The lowest BCUT2D eigenvalue weighted by atomic mass is 10.3. The Morgan fingerprint density at radius 2 is 2.11 bits per heavy atom. The molecule has 0 aliphatic heterocycles. The summed E-state index contributed by atoms with van der Waals surface area (Å²) in [4.78, 5) is 0. The topological polar surface area (TPSA) is 47.7 Å². The molecule has 0 aliphatic carbocycles. The highest BCUT2D eigenvalue weighted by Gasteiger charge is 2.07. The fraction of sp³-hybridized carbons (Fsp3) is 0.538. The molecule has 0 radical (unpaired) electrons. The molecule has 5 nitrogen and oxygen atoms in total. The van der Waals surface area contributed by atoms with E-state index in [9.17, 15) is 0 Å². The molecule has 2 heterocycles. The van der Waals surface area contributed by atoms with Crippen LogP contribution in [0.4, 0.5) is 0 Å². The maximum atomic E-state index is 4.53. The molecule has 0 bridgehead atoms. The molecule has 0 unspecified atom stereocenters. The van der Waals surface area contributed by atoms with Crippen LogP contribution in [0.3, 0.4) is 0 Å². The largest absolute Gasteiger partial charge is 0.316 e. The van der Waals surface area contributed by atoms with Crippen molar-refractivity contribution in [3.8, 4) is 0 Å². The van der Waals surface area contributed by atoms with Crippen LogP contribution in [0.1, 0.15) is 36.8 Å². The zero-order valence-electron chi connectivity index (χ0n) is 11.5. The molecule has 1 N–H and O–H groups in total. The minimum absolute atomic E-state index is 0.401. The maximum absolute atomic E-state index is 4.53. The van der Waals surface area contributed by atoms with Gasteiger partial charge < -0.3 is 5.32 Å². The van der Waals surface area contributed by atoms with Crippen LogP contribution in [0.2, 0.25) is 0 Å². The molecule has 2 aromatic rings. The van der Waals surface area contributed by atoms with Crippen LogP contribution < -0.4 is 5.32 Å². The Kier molecular flexibility index (Phi) is 3.81. The first-order valence-corrected chi connectivity index (χ1v) is 6.31. The smallest absolute Gasteiger partial charge is 0.0850 e. The highest BCUT2D eigenvalue weighted by atomic mass is 15.3. The van der Waals surface area contributed by atoms with Gasteiger partial charge in [-0.15, -0.1) is 0 Å². The number of rotatable bonds is 5. The Bertz CT molecular complexity index is 509. The van der Waals surface area contributed by atoms with E-state index >= 15 is 0 Å². The average molecular weight is 247 g/mol. The molecule has 0 fully saturated rings. The van der Waals surface area contributed by atoms with E-state index in [-0.39, 0.29) is 0 Å². The first kappa shape index (κ1) is 12.8. The Labute approximate surface area is 108 Å². The summed E-state index contributed by atoms with van der Waals surface area (Å²) in [6.45, 7) is 7.87. The van der Waals surface area contributed by atoms with Crippen molar-refractivity contribution in [1.29, 1.82) is 0 Å². The summed E-state index contributed by atoms with van der Waals surface area (Å²) >= 11 is 0. The Balaban J connectivity index is 2.10. The van der Waals surface area contributed by atoms with Gasteiger partial charge in [-0.25, -0.2) is 0 Å². The first-order valence-electron chi connectivity index (χ1n) is 6.31. The second kappa shape index (κ2) is 5.35. The zero-order chi connectivity index (χ0) is 13.1. The van der Waals surface area contributed by atoms with Crippen molar-refractivity contribution in [1.82, 2.24) is 24.9 Å². The van der Waals surface area contributed by atoms with Crippen LogP contribution in [-0.4, -0.2) is 26.6 Å². The minimum atomic E-state index is 0.401. The number of hydrogen-bond acceptors (Lipinski definition) is 3. The van der Waals surface area contributed by atoms with Crippen LogP contribution in [0.15, 0.2) is 18.5 Å². The summed E-state index contributed by atoms with van der Waals surface area (Å²) < 4.78 is 3.93. The maximum Gasteiger partial charge on any atom is 0.0850 e. The molecular weight excluding hydrogens is 226 g/mol. The lowest BCUT2D eigenvalue weighted by molar-refractivity contribution is 0.520. The van der Waals surface area contributed by atoms with Crippen LogP contribution in [-0.2, 0) is 13.1 Å². The molecule has 18 heavy (non-hydrogen) atoms. The van der Waals surface area contributed by atoms with Crippen LogP contribution in [0, 0.1) is 6.92 Å². The highest BCUT2D eigenvalue weighted by Crippen LogP contribution is 2.09. The van der Waals surface area contributed by atoms with Gasteiger partial charge in [0.25, 0.3) is 0 Å². The van der Waals surface area contributed by atoms with Crippen LogP contribution >= 0.6 is 0 Å². The molecule has 0 atom stereocenters. The van der Waals surface area contributed by atoms with Crippen molar-refractivity contribution < 1.29 is 0 Å². The van der Waals surface area contributed by atoms with E-state index in [1.807, 2.05) is 29.5 Å². The van der Waals surface area contributed by atoms with Gasteiger partial charge in [0.1, 0.15) is 0 Å². The van der Waals surface area contributed by atoms with Gasteiger partial charge >= 0.3 is 0 Å². The number of hydrogen-bond donors (Lipinski definition) is 1. The Morgan fingerprint density at radius 1 is 1.33 bits per heavy atom. The molecule has 0 spiro atoms. The molecule has 0 amide bonds. The highest BCUT2D eigenvalue weighted by molar-refractivity contribution is 5.15. The summed E-state index contributed by atoms with van der Waals surface area (Å²) in [6.07, 6.45) is 4.10. The van der Waals surface area contributed by atoms with Crippen molar-refractivity contribution in [3.05, 3.63) is 35.4 Å². The standard InChI is InChI=1S/C13H21N5/c1-10(2)18-6-5-13(16-18)9-17-8-12(7-14-4)11(3)15-17/h5-6,8,10,14H,7,9H2,1-4H3. The van der Waals surface area contributed by atoms with Gasteiger partial charge in [0.15, 0.2) is 0 Å². The summed E-state index contributed by atoms with van der Waals surface area (Å²) in [5.74, 6) is 0. The Hall–Kier alpha value is -1.62. The third-order valence-electron chi connectivity index (χ3n) is 2.93. The van der Waals surface area contributed by atoms with Crippen molar-refractivity contribution in [3.63, 3.8) is 0 Å². The van der Waals surface area contributed by atoms with E-state index in [0.29, 0.717) is 6.04 Å². The lowest BCUT2D eigenvalue weighted by Crippen LogP contribution is -2.06. The van der Waals surface area contributed by atoms with E-state index < -0.39 is 0 Å². The van der Waals surface area contributed by atoms with Crippen molar-refractivity contribution in [2.75, 3.05) is 7.05 Å². The van der Waals surface area contributed by atoms with Gasteiger partial charge in [-0.2, -0.15) is 10.2 Å². The Morgan fingerprint density at radius 3 is 2.72 bits per heavy atom. The number of nitrogens with zero attached hydrogens (tertiary/aromatic N) is 4. The molecule has 2 aromatic heterocycles. The fourth-order valence-corrected chi connectivity index (χ4v) is 1.92. The van der Waals surface area contributed by atoms with E-state index in [1.165, 1.54) is 5.56 Å². The molecular formula is C13H21N5. The van der Waals surface area contributed by atoms with Crippen molar-refractivity contribution in [2.45, 2.75) is 39.9 Å². The molecule has 5 heteroatoms. The van der Waals surface area contributed by atoms with E-state index in [4.69, 9.17) is 0 Å². The second-order valence-corrected chi connectivity index (χ2v) is 4.85. The summed E-state index contributed by atoms with van der Waals surface area (Å²) in [6, 6.07) is 2.45. The number of aromatic nitrogens is 4. The number of nitrogens with one attached hydrogen (secondary N) is 1. The van der Waals surface area contributed by atoms with Gasteiger partial charge in [-0.1, -0.05) is 0 Å². The van der Waals surface area contributed by atoms with E-state index in [0.717, 1.165) is 24.5 Å². The predicted molar refractivity (Wildman–Crippen MR) is 71.4 cm³/mol. The quantitative estimate of drug-likeness (QED) is 0.875. The molecule has 2 rings (SSSR count). The van der Waals surface area contributed by atoms with Gasteiger partial charge in [0.2, 0.25) is 0 Å². The van der Waals surface area contributed by atoms with E-state index in [1.54, 1.807) is 0 Å². The monoisotopic (exact) mass is 247 g/mol. The van der Waals surface area contributed by atoms with Crippen LogP contribution in [0.25, 0.3) is 0 Å². The summed E-state index contributed by atoms with van der Waals surface area (Å²) in [7, 11) is 1.95. The van der Waals surface area contributed by atoms with Gasteiger partial charge in [-0.05, 0) is 33.9 Å². The normalized spacial score (nSPS) is 11.4. The molecule has 0 saturated heterocycles. The SMILES string of the molecule is CNCc1cn(Cc2ccn(C(C)C)n2)nc1C. The van der Waals surface area contributed by atoms with E-state index in [2.05, 4.69) is 41.6 Å². The second-order valence-electron chi connectivity index (χ2n) is 4.85. The summed E-state index contributed by atoms with van der Waals surface area (Å²) in [5.41, 5.74) is 3.36. The van der Waals surface area contributed by atoms with Crippen molar-refractivity contribution in [2.24, 2.45) is 0 Å². The molecule has 98 valence electrons. The van der Waals surface area contributed by atoms with Gasteiger partial charge in [-0.3, -0.25) is 9.36 Å². The minimum Gasteiger partial charge on any atom is -0.316 e. The van der Waals surface area contributed by atoms with Crippen molar-refractivity contribution >= 4 is 0 Å². The molecule has 0 aliphatic rings. The number of aryl methyl sites for hydroxylation is 1. The lowest BCUT2D eigenvalue weighted by Gasteiger charge is -2.03. The van der Waals surface area contributed by atoms with Crippen LogP contribution in [0.5, 0.6) is 0 Å². The average Bonchev–Trinajstić information content (AvgIpc) is 2.88.